The lowest BCUT2D eigenvalue weighted by Crippen LogP contribution is -2.25. The highest BCUT2D eigenvalue weighted by molar-refractivity contribution is 6.03. The van der Waals surface area contributed by atoms with Gasteiger partial charge in [-0.25, -0.2) is 4.79 Å². The number of hydrogen-bond acceptors (Lipinski definition) is 4. The van der Waals surface area contributed by atoms with Crippen LogP contribution in [0.1, 0.15) is 23.7 Å². The quantitative estimate of drug-likeness (QED) is 0.919. The molecule has 1 aliphatic rings. The van der Waals surface area contributed by atoms with Crippen LogP contribution in [0.2, 0.25) is 0 Å². The molecule has 0 radical (unpaired) electrons. The number of carboxylic acids is 1. The molecule has 110 valence electrons. The number of rotatable bonds is 2. The van der Waals surface area contributed by atoms with E-state index in [0.717, 1.165) is 25.2 Å². The molecule has 0 spiro atoms. The van der Waals surface area contributed by atoms with E-state index in [0.29, 0.717) is 23.1 Å². The lowest BCUT2D eigenvalue weighted by Gasteiger charge is -2.22. The number of pyridine rings is 1. The van der Waals surface area contributed by atoms with E-state index < -0.39 is 5.97 Å². The average Bonchev–Trinajstić information content (AvgIpc) is 2.70. The highest BCUT2D eigenvalue weighted by Gasteiger charge is 2.16. The van der Waals surface area contributed by atoms with Gasteiger partial charge < -0.3 is 14.7 Å². The minimum Gasteiger partial charge on any atom is -0.478 e. The number of ether oxygens (including phenoxy) is 1. The van der Waals surface area contributed by atoms with Gasteiger partial charge in [-0.05, 0) is 37.6 Å². The first-order chi connectivity index (χ1) is 10.1. The third-order valence-electron chi connectivity index (χ3n) is 3.89. The number of anilines is 1. The molecule has 0 bridgehead atoms. The fraction of sp³-hybridized carbons (Fsp3) is 0.375. The van der Waals surface area contributed by atoms with Crippen molar-refractivity contribution < 1.29 is 14.6 Å². The molecule has 1 saturated heterocycles. The molecule has 1 aliphatic heterocycles. The molecule has 0 aliphatic carbocycles. The van der Waals surface area contributed by atoms with Crippen molar-refractivity contribution in [1.29, 1.82) is 0 Å². The number of benzene rings is 1. The maximum Gasteiger partial charge on any atom is 0.336 e. The first-order valence-electron chi connectivity index (χ1n) is 7.14. The summed E-state index contributed by atoms with van der Waals surface area (Å²) in [5.74, 6) is -0.924. The molecule has 3 rings (SSSR count). The fourth-order valence-corrected chi connectivity index (χ4v) is 2.67. The van der Waals surface area contributed by atoms with Crippen molar-refractivity contribution in [3.8, 4) is 0 Å². The van der Waals surface area contributed by atoms with Crippen LogP contribution in [-0.2, 0) is 4.74 Å². The van der Waals surface area contributed by atoms with Crippen molar-refractivity contribution in [3.63, 3.8) is 0 Å². The Labute approximate surface area is 123 Å². The van der Waals surface area contributed by atoms with Crippen LogP contribution in [0.25, 0.3) is 10.9 Å². The van der Waals surface area contributed by atoms with Crippen LogP contribution in [0, 0.1) is 0 Å². The second-order valence-corrected chi connectivity index (χ2v) is 5.32. The Bertz CT molecular complexity index is 672. The van der Waals surface area contributed by atoms with E-state index in [9.17, 15) is 9.90 Å². The Morgan fingerprint density at radius 2 is 2.24 bits per heavy atom. The SMILES string of the molecule is C[C@H]1CCN(c2ccc3nccc(C(=O)O)c3c2)CCO1. The third kappa shape index (κ3) is 2.83. The van der Waals surface area contributed by atoms with Crippen molar-refractivity contribution >= 4 is 22.6 Å². The standard InChI is InChI=1S/C16H18N2O3/c1-11-5-7-18(8-9-21-11)12-2-3-15-14(10-12)13(16(19)20)4-6-17-15/h2-4,6,10-11H,5,7-9H2,1H3,(H,19,20)/t11-/m0/s1. The van der Waals surface area contributed by atoms with Crippen LogP contribution in [0.15, 0.2) is 30.5 Å². The second kappa shape index (κ2) is 5.69. The van der Waals surface area contributed by atoms with Gasteiger partial charge in [0.15, 0.2) is 0 Å². The van der Waals surface area contributed by atoms with E-state index in [-0.39, 0.29) is 6.10 Å². The Kier molecular flexibility index (Phi) is 3.75. The normalized spacial score (nSPS) is 19.5. The Balaban J connectivity index is 2.00. The highest BCUT2D eigenvalue weighted by Crippen LogP contribution is 2.25. The van der Waals surface area contributed by atoms with E-state index in [1.54, 1.807) is 6.07 Å². The van der Waals surface area contributed by atoms with E-state index in [4.69, 9.17) is 4.74 Å². The summed E-state index contributed by atoms with van der Waals surface area (Å²) < 4.78 is 5.66. The van der Waals surface area contributed by atoms with Crippen LogP contribution in [0.4, 0.5) is 5.69 Å². The van der Waals surface area contributed by atoms with E-state index in [2.05, 4.69) is 16.8 Å². The molecule has 21 heavy (non-hydrogen) atoms. The smallest absolute Gasteiger partial charge is 0.336 e. The van der Waals surface area contributed by atoms with Crippen molar-refractivity contribution in [2.45, 2.75) is 19.4 Å². The first-order valence-corrected chi connectivity index (χ1v) is 7.14. The summed E-state index contributed by atoms with van der Waals surface area (Å²) in [6.07, 6.45) is 2.77. The highest BCUT2D eigenvalue weighted by atomic mass is 16.5. The predicted octanol–water partition coefficient (Wildman–Crippen LogP) is 2.55. The molecule has 5 heteroatoms. The third-order valence-corrected chi connectivity index (χ3v) is 3.89. The Morgan fingerprint density at radius 1 is 1.38 bits per heavy atom. The minimum atomic E-state index is -0.924. The molecule has 0 unspecified atom stereocenters. The second-order valence-electron chi connectivity index (χ2n) is 5.32. The van der Waals surface area contributed by atoms with Gasteiger partial charge in [0, 0.05) is 30.4 Å². The van der Waals surface area contributed by atoms with Crippen LogP contribution in [0.5, 0.6) is 0 Å². The monoisotopic (exact) mass is 286 g/mol. The summed E-state index contributed by atoms with van der Waals surface area (Å²) in [5, 5.41) is 9.98. The van der Waals surface area contributed by atoms with Gasteiger partial charge in [-0.1, -0.05) is 0 Å². The largest absolute Gasteiger partial charge is 0.478 e. The summed E-state index contributed by atoms with van der Waals surface area (Å²) in [5.41, 5.74) is 2.02. The van der Waals surface area contributed by atoms with Gasteiger partial charge in [0.25, 0.3) is 0 Å². The number of nitrogens with zero attached hydrogens (tertiary/aromatic N) is 2. The summed E-state index contributed by atoms with van der Waals surface area (Å²) in [4.78, 5) is 17.8. The molecule has 0 saturated carbocycles. The summed E-state index contributed by atoms with van der Waals surface area (Å²) in [7, 11) is 0. The Hall–Kier alpha value is -2.14. The number of carbonyl (C=O) groups is 1. The number of fused-ring (bicyclic) bond motifs is 1. The minimum absolute atomic E-state index is 0.270. The van der Waals surface area contributed by atoms with Gasteiger partial charge >= 0.3 is 5.97 Å². The van der Waals surface area contributed by atoms with Crippen molar-refractivity contribution in [1.82, 2.24) is 4.98 Å². The van der Waals surface area contributed by atoms with Gasteiger partial charge in [0.2, 0.25) is 0 Å². The van der Waals surface area contributed by atoms with Crippen LogP contribution in [-0.4, -0.2) is 41.9 Å². The molecule has 5 nitrogen and oxygen atoms in total. The molecular formula is C16H18N2O3. The van der Waals surface area contributed by atoms with Crippen LogP contribution < -0.4 is 4.90 Å². The molecular weight excluding hydrogens is 268 g/mol. The van der Waals surface area contributed by atoms with Gasteiger partial charge in [-0.3, -0.25) is 4.98 Å². The zero-order chi connectivity index (χ0) is 14.8. The fourth-order valence-electron chi connectivity index (χ4n) is 2.67. The maximum absolute atomic E-state index is 11.3. The number of carboxylic acid groups (broad SMARTS) is 1. The van der Waals surface area contributed by atoms with Gasteiger partial charge in [-0.15, -0.1) is 0 Å². The lowest BCUT2D eigenvalue weighted by molar-refractivity contribution is 0.0698. The average molecular weight is 286 g/mol. The summed E-state index contributed by atoms with van der Waals surface area (Å²) in [6.45, 7) is 4.50. The van der Waals surface area contributed by atoms with Crippen molar-refractivity contribution in [3.05, 3.63) is 36.0 Å². The molecule has 2 aromatic rings. The van der Waals surface area contributed by atoms with E-state index in [1.807, 2.05) is 18.2 Å². The van der Waals surface area contributed by atoms with E-state index in [1.165, 1.54) is 6.20 Å². The maximum atomic E-state index is 11.3. The topological polar surface area (TPSA) is 62.7 Å². The molecule has 2 heterocycles. The zero-order valence-electron chi connectivity index (χ0n) is 12.0. The van der Waals surface area contributed by atoms with Crippen molar-refractivity contribution in [2.24, 2.45) is 0 Å². The summed E-state index contributed by atoms with van der Waals surface area (Å²) >= 11 is 0. The molecule has 1 atom stereocenters. The van der Waals surface area contributed by atoms with E-state index >= 15 is 0 Å². The van der Waals surface area contributed by atoms with Crippen molar-refractivity contribution in [2.75, 3.05) is 24.6 Å². The molecule has 1 fully saturated rings. The number of aromatic nitrogens is 1. The molecule has 1 aromatic heterocycles. The van der Waals surface area contributed by atoms with Gasteiger partial charge in [0.1, 0.15) is 0 Å². The number of aromatic carboxylic acids is 1. The number of hydrogen-bond donors (Lipinski definition) is 1. The van der Waals surface area contributed by atoms with Crippen LogP contribution >= 0.6 is 0 Å². The van der Waals surface area contributed by atoms with Crippen LogP contribution in [0.3, 0.4) is 0 Å². The summed E-state index contributed by atoms with van der Waals surface area (Å²) in [6, 6.07) is 7.34. The zero-order valence-corrected chi connectivity index (χ0v) is 12.0. The molecule has 0 amide bonds. The first kappa shape index (κ1) is 13.8. The van der Waals surface area contributed by atoms with Gasteiger partial charge in [-0.2, -0.15) is 0 Å². The predicted molar refractivity (Wildman–Crippen MR) is 80.9 cm³/mol. The van der Waals surface area contributed by atoms with Gasteiger partial charge in [0.05, 0.1) is 23.8 Å². The Morgan fingerprint density at radius 3 is 3.05 bits per heavy atom. The molecule has 1 aromatic carbocycles. The lowest BCUT2D eigenvalue weighted by atomic mass is 10.1. The molecule has 1 N–H and O–H groups in total.